The van der Waals surface area contributed by atoms with Gasteiger partial charge in [0.05, 0.1) is 17.1 Å². The molecule has 0 atom stereocenters. The molecule has 0 saturated heterocycles. The normalized spacial score (nSPS) is 11.1. The van der Waals surface area contributed by atoms with Gasteiger partial charge >= 0.3 is 0 Å². The van der Waals surface area contributed by atoms with E-state index in [2.05, 4.69) is 10.3 Å². The summed E-state index contributed by atoms with van der Waals surface area (Å²) in [6, 6.07) is 13.2. The maximum absolute atomic E-state index is 13.7. The maximum atomic E-state index is 13.7. The minimum absolute atomic E-state index is 0.00600. The Hall–Kier alpha value is -3.19. The Morgan fingerprint density at radius 1 is 1.17 bits per heavy atom. The van der Waals surface area contributed by atoms with Crippen molar-refractivity contribution in [1.29, 1.82) is 0 Å². The predicted molar refractivity (Wildman–Crippen MR) is 142 cm³/mol. The summed E-state index contributed by atoms with van der Waals surface area (Å²) >= 11 is 9.19. The van der Waals surface area contributed by atoms with E-state index in [4.69, 9.17) is 17.2 Å². The largest absolute Gasteiger partial charge is 0.301 e. The van der Waals surface area contributed by atoms with Gasteiger partial charge in [-0.25, -0.2) is 14.4 Å². The molecular weight excluding hydrogens is 526 g/mol. The van der Waals surface area contributed by atoms with Crippen LogP contribution < -0.4 is 10.9 Å². The van der Waals surface area contributed by atoms with E-state index in [9.17, 15) is 14.0 Å². The third-order valence-electron chi connectivity index (χ3n) is 5.03. The van der Waals surface area contributed by atoms with Gasteiger partial charge < -0.3 is 5.32 Å². The molecule has 0 bridgehead atoms. The number of anilines is 1. The van der Waals surface area contributed by atoms with Crippen molar-refractivity contribution in [1.82, 2.24) is 19.1 Å². The average Bonchev–Trinajstić information content (AvgIpc) is 3.46. The number of thioether (sulfide) groups is 1. The molecular formula is C23H16FN5O2S4. The molecule has 0 aliphatic heterocycles. The average molecular weight is 542 g/mol. The van der Waals surface area contributed by atoms with Gasteiger partial charge in [0.2, 0.25) is 5.91 Å². The summed E-state index contributed by atoms with van der Waals surface area (Å²) in [5.74, 6) is -0.714. The molecule has 3 aromatic heterocycles. The number of para-hydroxylation sites is 1. The van der Waals surface area contributed by atoms with Crippen LogP contribution in [-0.2, 0) is 4.79 Å². The summed E-state index contributed by atoms with van der Waals surface area (Å²) in [6.45, 7) is 1.96. The van der Waals surface area contributed by atoms with Crippen molar-refractivity contribution in [3.8, 4) is 11.4 Å². The second-order valence-corrected chi connectivity index (χ2v) is 10.8. The van der Waals surface area contributed by atoms with Gasteiger partial charge in [0, 0.05) is 11.6 Å². The van der Waals surface area contributed by atoms with E-state index in [0.29, 0.717) is 30.3 Å². The zero-order valence-corrected chi connectivity index (χ0v) is 21.4. The Kier molecular flexibility index (Phi) is 6.60. The first-order valence-corrected chi connectivity index (χ1v) is 13.3. The van der Waals surface area contributed by atoms with Crippen molar-refractivity contribution in [3.05, 3.63) is 85.8 Å². The van der Waals surface area contributed by atoms with Crippen LogP contribution in [0.1, 0.15) is 5.56 Å². The highest BCUT2D eigenvalue weighted by Crippen LogP contribution is 2.28. The summed E-state index contributed by atoms with van der Waals surface area (Å²) in [7, 11) is 0. The number of nitrogens with one attached hydrogen (secondary N) is 1. The van der Waals surface area contributed by atoms with Crippen LogP contribution in [0.5, 0.6) is 0 Å². The number of fused-ring (bicyclic) bond motifs is 1. The standard InChI is InChI=1S/C23H16FN5O2S4/c1-13-4-2-3-5-16(13)29-19-18(35-23(29)32)20(31)28(15-8-6-14(24)7-9-15)22(27-19)34-12-17(30)26-21-25-10-11-33-21/h2-11H,12H2,1H3,(H,25,26,30). The first-order chi connectivity index (χ1) is 16.9. The van der Waals surface area contributed by atoms with Crippen molar-refractivity contribution in [2.45, 2.75) is 12.1 Å². The Labute approximate surface area is 215 Å². The molecule has 5 aromatic rings. The number of halogens is 1. The van der Waals surface area contributed by atoms with Crippen LogP contribution in [0.25, 0.3) is 21.7 Å². The van der Waals surface area contributed by atoms with Crippen LogP contribution >= 0.6 is 46.7 Å². The molecule has 1 N–H and O–H groups in total. The number of aromatic nitrogens is 4. The van der Waals surface area contributed by atoms with Crippen molar-refractivity contribution >= 4 is 68.0 Å². The number of nitrogens with zero attached hydrogens (tertiary/aromatic N) is 4. The van der Waals surface area contributed by atoms with Crippen LogP contribution in [0, 0.1) is 16.7 Å². The second-order valence-electron chi connectivity index (χ2n) is 7.33. The fraction of sp³-hybridized carbons (Fsp3) is 0.0870. The first kappa shape index (κ1) is 23.5. The summed E-state index contributed by atoms with van der Waals surface area (Å²) in [6.07, 6.45) is 1.60. The monoisotopic (exact) mass is 541 g/mol. The van der Waals surface area contributed by atoms with Gasteiger partial charge in [-0.1, -0.05) is 41.3 Å². The molecule has 2 aromatic carbocycles. The number of amides is 1. The number of rotatable bonds is 6. The summed E-state index contributed by atoms with van der Waals surface area (Å²) < 4.78 is 17.6. The molecule has 0 aliphatic rings. The van der Waals surface area contributed by atoms with Gasteiger partial charge in [-0.2, -0.15) is 0 Å². The molecule has 7 nitrogen and oxygen atoms in total. The quantitative estimate of drug-likeness (QED) is 0.171. The molecule has 5 rings (SSSR count). The van der Waals surface area contributed by atoms with Crippen LogP contribution in [0.15, 0.2) is 70.1 Å². The van der Waals surface area contributed by atoms with Gasteiger partial charge in [-0.3, -0.25) is 18.7 Å². The minimum Gasteiger partial charge on any atom is -0.301 e. The number of thiazole rings is 2. The van der Waals surface area contributed by atoms with Crippen LogP contribution in [0.4, 0.5) is 9.52 Å². The molecule has 176 valence electrons. The number of benzene rings is 2. The lowest BCUT2D eigenvalue weighted by molar-refractivity contribution is -0.113. The van der Waals surface area contributed by atoms with Crippen molar-refractivity contribution in [2.24, 2.45) is 0 Å². The number of carbonyl (C=O) groups is 1. The summed E-state index contributed by atoms with van der Waals surface area (Å²) in [5.41, 5.74) is 2.32. The van der Waals surface area contributed by atoms with Crippen molar-refractivity contribution < 1.29 is 9.18 Å². The van der Waals surface area contributed by atoms with E-state index < -0.39 is 5.82 Å². The topological polar surface area (TPSA) is 81.8 Å². The molecule has 0 unspecified atom stereocenters. The third-order valence-corrected chi connectivity index (χ3v) is 8.01. The maximum Gasteiger partial charge on any atom is 0.278 e. The van der Waals surface area contributed by atoms with E-state index in [-0.39, 0.29) is 17.2 Å². The zero-order valence-electron chi connectivity index (χ0n) is 18.1. The van der Waals surface area contributed by atoms with Crippen molar-refractivity contribution in [3.63, 3.8) is 0 Å². The Bertz CT molecular complexity index is 1660. The van der Waals surface area contributed by atoms with E-state index in [1.165, 1.54) is 51.5 Å². The second kappa shape index (κ2) is 9.82. The van der Waals surface area contributed by atoms with Crippen LogP contribution in [0.2, 0.25) is 0 Å². The van der Waals surface area contributed by atoms with Gasteiger partial charge in [0.15, 0.2) is 19.9 Å². The molecule has 3 heterocycles. The highest BCUT2D eigenvalue weighted by atomic mass is 32.2. The van der Waals surface area contributed by atoms with E-state index in [1.807, 2.05) is 31.2 Å². The Morgan fingerprint density at radius 2 is 1.94 bits per heavy atom. The highest BCUT2D eigenvalue weighted by molar-refractivity contribution is 7.99. The fourth-order valence-electron chi connectivity index (χ4n) is 3.45. The molecule has 12 heteroatoms. The molecule has 1 amide bonds. The first-order valence-electron chi connectivity index (χ1n) is 10.2. The molecule has 0 spiro atoms. The number of aryl methyl sites for hydroxylation is 1. The summed E-state index contributed by atoms with van der Waals surface area (Å²) in [5, 5.41) is 5.26. The highest BCUT2D eigenvalue weighted by Gasteiger charge is 2.20. The third kappa shape index (κ3) is 4.69. The molecule has 0 saturated carbocycles. The Balaban J connectivity index is 1.65. The number of carbonyl (C=O) groups excluding carboxylic acids is 1. The van der Waals surface area contributed by atoms with Crippen LogP contribution in [0.3, 0.4) is 0 Å². The minimum atomic E-state index is -0.422. The summed E-state index contributed by atoms with van der Waals surface area (Å²) in [4.78, 5) is 35.0. The van der Waals surface area contributed by atoms with Crippen molar-refractivity contribution in [2.75, 3.05) is 11.1 Å². The van der Waals surface area contributed by atoms with E-state index in [1.54, 1.807) is 16.1 Å². The van der Waals surface area contributed by atoms with Gasteiger partial charge in [0.25, 0.3) is 5.56 Å². The lowest BCUT2D eigenvalue weighted by Gasteiger charge is -2.13. The predicted octanol–water partition coefficient (Wildman–Crippen LogP) is 5.60. The van der Waals surface area contributed by atoms with E-state index >= 15 is 0 Å². The van der Waals surface area contributed by atoms with Gasteiger partial charge in [-0.15, -0.1) is 11.3 Å². The lowest BCUT2D eigenvalue weighted by atomic mass is 10.2. The lowest BCUT2D eigenvalue weighted by Crippen LogP contribution is -2.23. The van der Waals surface area contributed by atoms with Gasteiger partial charge in [-0.05, 0) is 55.0 Å². The molecule has 0 fully saturated rings. The smallest absolute Gasteiger partial charge is 0.278 e. The SMILES string of the molecule is Cc1ccccc1-n1c(=S)sc2c(=O)n(-c3ccc(F)cc3)c(SCC(=O)Nc3nccs3)nc21. The van der Waals surface area contributed by atoms with Gasteiger partial charge in [0.1, 0.15) is 10.5 Å². The molecule has 0 radical (unpaired) electrons. The Morgan fingerprint density at radius 3 is 2.66 bits per heavy atom. The van der Waals surface area contributed by atoms with Crippen LogP contribution in [-0.4, -0.2) is 30.8 Å². The number of hydrogen-bond acceptors (Lipinski definition) is 8. The zero-order chi connectivity index (χ0) is 24.5. The molecule has 35 heavy (non-hydrogen) atoms. The fourth-order valence-corrected chi connectivity index (χ4v) is 6.09. The number of hydrogen-bond donors (Lipinski definition) is 1. The molecule has 0 aliphatic carbocycles. The van der Waals surface area contributed by atoms with E-state index in [0.717, 1.165) is 23.0 Å².